The molecule has 1 heterocycles. The van der Waals surface area contributed by atoms with Crippen LogP contribution in [0.4, 0.5) is 4.79 Å². The molecular formula is C35H57NO7Si. The highest BCUT2D eigenvalue weighted by atomic mass is 28.4. The Morgan fingerprint density at radius 1 is 1.14 bits per heavy atom. The number of carbonyl (C=O) groups excluding carboxylic acids is 2. The summed E-state index contributed by atoms with van der Waals surface area (Å²) in [5, 5.41) is 25.7. The summed E-state index contributed by atoms with van der Waals surface area (Å²) in [6.07, 6.45) is 20.3. The van der Waals surface area contributed by atoms with E-state index in [-0.39, 0.29) is 31.9 Å². The SMILES string of the molecule is C=CCOC(=O)NCC[C@](/C=C/[C@@H]1OC(=O)C=C[C@@H]1CC)(O[Si](CC)(CC)CC)[C@H](O)C[C@@H](O)/C=C\C=C/C1CCCCC1. The lowest BCUT2D eigenvalue weighted by molar-refractivity contribution is -0.143. The van der Waals surface area contributed by atoms with Gasteiger partial charge in [0.25, 0.3) is 0 Å². The largest absolute Gasteiger partial charge is 0.454 e. The zero-order chi connectivity index (χ0) is 32.4. The number of rotatable bonds is 19. The van der Waals surface area contributed by atoms with Crippen molar-refractivity contribution in [1.29, 1.82) is 0 Å². The Bertz CT molecular complexity index is 991. The number of esters is 1. The molecule has 248 valence electrons. The molecule has 2 aliphatic rings. The fourth-order valence-corrected chi connectivity index (χ4v) is 9.10. The van der Waals surface area contributed by atoms with Crippen molar-refractivity contribution in [3.8, 4) is 0 Å². The predicted molar refractivity (Wildman–Crippen MR) is 179 cm³/mol. The van der Waals surface area contributed by atoms with Crippen molar-refractivity contribution >= 4 is 20.4 Å². The van der Waals surface area contributed by atoms with Gasteiger partial charge in [0.2, 0.25) is 0 Å². The molecule has 1 aliphatic carbocycles. The Kier molecular flexibility index (Phi) is 17.0. The van der Waals surface area contributed by atoms with Crippen molar-refractivity contribution in [1.82, 2.24) is 5.32 Å². The van der Waals surface area contributed by atoms with Gasteiger partial charge in [-0.15, -0.1) is 0 Å². The molecule has 9 heteroatoms. The van der Waals surface area contributed by atoms with E-state index in [4.69, 9.17) is 13.9 Å². The van der Waals surface area contributed by atoms with Gasteiger partial charge in [-0.25, -0.2) is 9.59 Å². The Labute approximate surface area is 266 Å². The molecule has 1 aliphatic heterocycles. The Morgan fingerprint density at radius 2 is 1.84 bits per heavy atom. The minimum absolute atomic E-state index is 0.0131. The fourth-order valence-electron chi connectivity index (χ4n) is 6.06. The van der Waals surface area contributed by atoms with Gasteiger partial charge in [-0.05, 0) is 55.8 Å². The molecule has 1 amide bonds. The molecule has 2 rings (SSSR count). The average Bonchev–Trinajstić information content (AvgIpc) is 3.04. The van der Waals surface area contributed by atoms with Crippen molar-refractivity contribution in [2.45, 2.75) is 121 Å². The lowest BCUT2D eigenvalue weighted by Gasteiger charge is -2.44. The summed E-state index contributed by atoms with van der Waals surface area (Å²) in [6.45, 7) is 12.2. The van der Waals surface area contributed by atoms with E-state index < -0.39 is 44.3 Å². The number of allylic oxidation sites excluding steroid dienone is 3. The fraction of sp³-hybridized carbons (Fsp3) is 0.657. The van der Waals surface area contributed by atoms with Crippen LogP contribution in [0.5, 0.6) is 0 Å². The van der Waals surface area contributed by atoms with E-state index in [0.29, 0.717) is 5.92 Å². The normalized spacial score (nSPS) is 22.6. The lowest BCUT2D eigenvalue weighted by Crippen LogP contribution is -2.54. The van der Waals surface area contributed by atoms with Crippen LogP contribution in [-0.4, -0.2) is 67.7 Å². The highest BCUT2D eigenvalue weighted by Gasteiger charge is 2.45. The minimum Gasteiger partial charge on any atom is -0.454 e. The highest BCUT2D eigenvalue weighted by molar-refractivity contribution is 6.73. The molecule has 0 unspecified atom stereocenters. The van der Waals surface area contributed by atoms with Crippen LogP contribution < -0.4 is 5.32 Å². The second-order valence-electron chi connectivity index (χ2n) is 12.0. The minimum atomic E-state index is -2.34. The summed E-state index contributed by atoms with van der Waals surface area (Å²) in [4.78, 5) is 24.4. The van der Waals surface area contributed by atoms with Gasteiger partial charge < -0.3 is 29.4 Å². The predicted octanol–water partition coefficient (Wildman–Crippen LogP) is 6.92. The van der Waals surface area contributed by atoms with Gasteiger partial charge in [-0.1, -0.05) is 96.1 Å². The van der Waals surface area contributed by atoms with E-state index in [1.54, 1.807) is 6.08 Å². The molecule has 0 aromatic heterocycles. The molecule has 44 heavy (non-hydrogen) atoms. The number of ether oxygens (including phenoxy) is 2. The maximum Gasteiger partial charge on any atom is 0.407 e. The highest BCUT2D eigenvalue weighted by Crippen LogP contribution is 2.36. The van der Waals surface area contributed by atoms with Crippen LogP contribution in [0.2, 0.25) is 18.1 Å². The van der Waals surface area contributed by atoms with Gasteiger partial charge in [0, 0.05) is 25.0 Å². The third kappa shape index (κ3) is 12.1. The molecular weight excluding hydrogens is 574 g/mol. The number of nitrogens with one attached hydrogen (secondary N) is 1. The van der Waals surface area contributed by atoms with Crippen molar-refractivity contribution in [2.24, 2.45) is 11.8 Å². The van der Waals surface area contributed by atoms with Crippen LogP contribution in [0.3, 0.4) is 0 Å². The third-order valence-electron chi connectivity index (χ3n) is 9.16. The standard InChI is InChI=1S/C35H57NO7Si/c1-6-26-41-34(40)36-25-24-35(43-44(8-3,9-4)10-5,23-22-31-29(7-2)20-21-33(39)42-31)32(38)27-30(37)19-15-14-18-28-16-12-11-13-17-28/h6,14-15,18-23,28-32,37-38H,1,7-13,16-17,24-27H2,2-5H3,(H,36,40)/b18-14-,19-15-,23-22+/t29-,30-,31-,32+,35-/m0/s1. The number of carbonyl (C=O) groups is 2. The van der Waals surface area contributed by atoms with E-state index in [9.17, 15) is 19.8 Å². The number of alkyl carbamates (subject to hydrolysis) is 1. The van der Waals surface area contributed by atoms with Crippen LogP contribution in [0.15, 0.2) is 61.3 Å². The van der Waals surface area contributed by atoms with Crippen LogP contribution in [0.25, 0.3) is 0 Å². The zero-order valence-electron chi connectivity index (χ0n) is 27.4. The molecule has 0 radical (unpaired) electrons. The summed E-state index contributed by atoms with van der Waals surface area (Å²) in [7, 11) is -2.34. The number of aliphatic hydroxyl groups is 2. The van der Waals surface area contributed by atoms with Gasteiger partial charge in [0.1, 0.15) is 18.3 Å². The summed E-state index contributed by atoms with van der Waals surface area (Å²) < 4.78 is 17.8. The van der Waals surface area contributed by atoms with Gasteiger partial charge in [0.05, 0.1) is 12.2 Å². The van der Waals surface area contributed by atoms with Crippen molar-refractivity contribution < 1.29 is 33.7 Å². The zero-order valence-corrected chi connectivity index (χ0v) is 28.4. The lowest BCUT2D eigenvalue weighted by atomic mass is 9.86. The molecule has 3 N–H and O–H groups in total. The number of aliphatic hydroxyl groups excluding tert-OH is 2. The second-order valence-corrected chi connectivity index (χ2v) is 16.7. The first-order chi connectivity index (χ1) is 21.2. The number of hydrogen-bond acceptors (Lipinski definition) is 7. The summed E-state index contributed by atoms with van der Waals surface area (Å²) in [5.41, 5.74) is -1.25. The number of hydrogen-bond donors (Lipinski definition) is 3. The summed E-state index contributed by atoms with van der Waals surface area (Å²) in [6, 6.07) is 2.51. The van der Waals surface area contributed by atoms with Crippen molar-refractivity contribution in [3.05, 3.63) is 61.3 Å². The average molecular weight is 632 g/mol. The maximum absolute atomic E-state index is 12.3. The summed E-state index contributed by atoms with van der Waals surface area (Å²) in [5.74, 6) is 0.156. The van der Waals surface area contributed by atoms with Gasteiger partial charge in [-0.2, -0.15) is 0 Å². The van der Waals surface area contributed by atoms with E-state index >= 15 is 0 Å². The second kappa shape index (κ2) is 19.8. The molecule has 0 aromatic carbocycles. The van der Waals surface area contributed by atoms with Gasteiger partial charge in [0.15, 0.2) is 8.32 Å². The van der Waals surface area contributed by atoms with Crippen LogP contribution in [0.1, 0.15) is 79.1 Å². The molecule has 0 saturated heterocycles. The number of cyclic esters (lactones) is 1. The first-order valence-electron chi connectivity index (χ1n) is 16.7. The first-order valence-corrected chi connectivity index (χ1v) is 19.2. The molecule has 1 fully saturated rings. The monoisotopic (exact) mass is 631 g/mol. The van der Waals surface area contributed by atoms with E-state index in [0.717, 1.165) is 24.6 Å². The molecule has 0 aromatic rings. The van der Waals surface area contributed by atoms with E-state index in [2.05, 4.69) is 38.7 Å². The van der Waals surface area contributed by atoms with Crippen molar-refractivity contribution in [2.75, 3.05) is 13.2 Å². The van der Waals surface area contributed by atoms with E-state index in [1.807, 2.05) is 37.3 Å². The van der Waals surface area contributed by atoms with Gasteiger partial charge in [-0.3, -0.25) is 0 Å². The first kappa shape index (κ1) is 37.7. The smallest absolute Gasteiger partial charge is 0.407 e. The molecule has 0 spiro atoms. The Balaban J connectivity index is 2.39. The Hall–Kier alpha value is -2.46. The number of amides is 1. The van der Waals surface area contributed by atoms with E-state index in [1.165, 1.54) is 44.3 Å². The third-order valence-corrected chi connectivity index (χ3v) is 13.8. The van der Waals surface area contributed by atoms with Gasteiger partial charge >= 0.3 is 12.1 Å². The topological polar surface area (TPSA) is 114 Å². The molecule has 1 saturated carbocycles. The quantitative estimate of drug-likeness (QED) is 0.0614. The van der Waals surface area contributed by atoms with Crippen LogP contribution in [-0.2, 0) is 18.7 Å². The van der Waals surface area contributed by atoms with Crippen LogP contribution >= 0.6 is 0 Å². The Morgan fingerprint density at radius 3 is 2.48 bits per heavy atom. The summed E-state index contributed by atoms with van der Waals surface area (Å²) >= 11 is 0. The molecule has 5 atom stereocenters. The van der Waals surface area contributed by atoms with Crippen LogP contribution in [0, 0.1) is 11.8 Å². The van der Waals surface area contributed by atoms with Crippen molar-refractivity contribution in [3.63, 3.8) is 0 Å². The maximum atomic E-state index is 12.3. The molecule has 0 bridgehead atoms. The molecule has 8 nitrogen and oxygen atoms in total.